The Kier molecular flexibility index (Phi) is 5.95. The van der Waals surface area contributed by atoms with Crippen LogP contribution in [0.25, 0.3) is 22.2 Å². The van der Waals surface area contributed by atoms with Crippen LogP contribution in [0, 0.1) is 0 Å². The largest absolute Gasteiger partial charge is 0.508 e. The van der Waals surface area contributed by atoms with E-state index in [1.54, 1.807) is 30.5 Å². The number of nitrogens with one attached hydrogen (secondary N) is 1. The number of carbonyl (C=O) groups excluding carboxylic acids is 1. The monoisotopic (exact) mass is 454 g/mol. The third-order valence-electron chi connectivity index (χ3n) is 6.01. The molecule has 0 atom stereocenters. The number of phenols is 1. The van der Waals surface area contributed by atoms with Gasteiger partial charge in [-0.05, 0) is 61.9 Å². The van der Waals surface area contributed by atoms with E-state index in [0.717, 1.165) is 19.3 Å². The van der Waals surface area contributed by atoms with Crippen LogP contribution in [0.5, 0.6) is 5.75 Å². The van der Waals surface area contributed by atoms with Gasteiger partial charge in [0, 0.05) is 6.54 Å². The van der Waals surface area contributed by atoms with E-state index in [1.165, 1.54) is 23.1 Å². The molecular weight excluding hydrogens is 428 g/mol. The molecule has 1 amide bonds. The quantitative estimate of drug-likeness (QED) is 0.295. The Morgan fingerprint density at radius 1 is 1.15 bits per heavy atom. The summed E-state index contributed by atoms with van der Waals surface area (Å²) in [6, 6.07) is 14.2. The normalized spacial score (nSPS) is 14.1. The Morgan fingerprint density at radius 2 is 1.97 bits per heavy atom. The summed E-state index contributed by atoms with van der Waals surface area (Å²) < 4.78 is 1.43. The van der Waals surface area contributed by atoms with Gasteiger partial charge in [-0.15, -0.1) is 0 Å². The van der Waals surface area contributed by atoms with Crippen LogP contribution in [0.15, 0.2) is 65.3 Å². The van der Waals surface area contributed by atoms with Crippen LogP contribution < -0.4 is 11.1 Å². The summed E-state index contributed by atoms with van der Waals surface area (Å²) >= 11 is 0. The lowest BCUT2D eigenvalue weighted by Crippen LogP contribution is -2.25. The molecule has 0 fully saturated rings. The van der Waals surface area contributed by atoms with Crippen LogP contribution in [0.4, 0.5) is 5.82 Å². The van der Waals surface area contributed by atoms with Crippen molar-refractivity contribution in [2.24, 2.45) is 5.10 Å². The Labute approximate surface area is 196 Å². The van der Waals surface area contributed by atoms with E-state index in [-0.39, 0.29) is 23.0 Å². The van der Waals surface area contributed by atoms with Crippen molar-refractivity contribution in [3.8, 4) is 5.75 Å². The predicted octanol–water partition coefficient (Wildman–Crippen LogP) is 4.37. The second-order valence-electron chi connectivity index (χ2n) is 8.41. The molecule has 1 aliphatic rings. The van der Waals surface area contributed by atoms with Gasteiger partial charge in [0.15, 0.2) is 5.65 Å². The number of rotatable bonds is 6. The lowest BCUT2D eigenvalue weighted by molar-refractivity contribution is 0.0956. The molecule has 0 saturated carbocycles. The van der Waals surface area contributed by atoms with Crippen molar-refractivity contribution in [3.63, 3.8) is 0 Å². The van der Waals surface area contributed by atoms with E-state index in [2.05, 4.69) is 16.5 Å². The van der Waals surface area contributed by atoms with Crippen LogP contribution >= 0.6 is 0 Å². The summed E-state index contributed by atoms with van der Waals surface area (Å²) in [6.45, 7) is 0.532. The summed E-state index contributed by atoms with van der Waals surface area (Å²) in [5.74, 6) is -0.000827. The van der Waals surface area contributed by atoms with Crippen LogP contribution in [0.3, 0.4) is 0 Å². The molecule has 2 aromatic heterocycles. The van der Waals surface area contributed by atoms with Crippen LogP contribution in [0.1, 0.15) is 48.0 Å². The molecule has 0 unspecified atom stereocenters. The molecule has 0 spiro atoms. The smallest absolute Gasteiger partial charge is 0.257 e. The molecule has 0 radical (unpaired) electrons. The first kappa shape index (κ1) is 21.6. The lowest BCUT2D eigenvalue weighted by atomic mass is 9.97. The molecule has 34 heavy (non-hydrogen) atoms. The van der Waals surface area contributed by atoms with Crippen molar-refractivity contribution < 1.29 is 9.90 Å². The average molecular weight is 455 g/mol. The number of allylic oxidation sites excluding steroid dienone is 1. The average Bonchev–Trinajstić information content (AvgIpc) is 3.12. The number of nitrogens with zero attached hydrogens (tertiary/aromatic N) is 4. The number of hydrogen-bond acceptors (Lipinski definition) is 6. The maximum Gasteiger partial charge on any atom is 0.257 e. The molecule has 8 nitrogen and oxygen atoms in total. The number of aromatic nitrogens is 3. The Bertz CT molecular complexity index is 1440. The summed E-state index contributed by atoms with van der Waals surface area (Å²) in [4.78, 5) is 22.6. The molecule has 5 rings (SSSR count). The van der Waals surface area contributed by atoms with Crippen molar-refractivity contribution in [3.05, 3.63) is 71.3 Å². The van der Waals surface area contributed by atoms with E-state index < -0.39 is 0 Å². The molecule has 1 aliphatic carbocycles. The molecular formula is C26H26N6O2. The fourth-order valence-electron chi connectivity index (χ4n) is 4.27. The fraction of sp³-hybridized carbons (Fsp3) is 0.231. The number of amides is 1. The third-order valence-corrected chi connectivity index (χ3v) is 6.01. The molecule has 4 aromatic rings. The number of fused-ring (bicyclic) bond motifs is 2. The van der Waals surface area contributed by atoms with Gasteiger partial charge in [-0.3, -0.25) is 4.79 Å². The van der Waals surface area contributed by atoms with Gasteiger partial charge in [0.25, 0.3) is 5.91 Å². The van der Waals surface area contributed by atoms with Gasteiger partial charge in [-0.1, -0.05) is 35.9 Å². The molecule has 4 N–H and O–H groups in total. The van der Waals surface area contributed by atoms with Gasteiger partial charge in [0.2, 0.25) is 0 Å². The number of anilines is 1. The topological polar surface area (TPSA) is 118 Å². The van der Waals surface area contributed by atoms with Gasteiger partial charge in [0.05, 0.1) is 17.2 Å². The highest BCUT2D eigenvalue weighted by atomic mass is 16.3. The first-order valence-electron chi connectivity index (χ1n) is 11.5. The zero-order valence-electron chi connectivity index (χ0n) is 18.7. The lowest BCUT2D eigenvalue weighted by Gasteiger charge is -2.12. The number of carbonyl (C=O) groups is 1. The van der Waals surface area contributed by atoms with Crippen molar-refractivity contribution in [1.29, 1.82) is 0 Å². The minimum Gasteiger partial charge on any atom is -0.508 e. The first-order valence-corrected chi connectivity index (χ1v) is 11.5. The highest BCUT2D eigenvalue weighted by Crippen LogP contribution is 2.28. The van der Waals surface area contributed by atoms with Crippen molar-refractivity contribution in [2.75, 3.05) is 12.3 Å². The minimum atomic E-state index is -0.296. The molecule has 0 saturated heterocycles. The molecule has 172 valence electrons. The van der Waals surface area contributed by atoms with Gasteiger partial charge in [0.1, 0.15) is 22.6 Å². The number of hydrogen-bond donors (Lipinski definition) is 3. The molecule has 0 aliphatic heterocycles. The van der Waals surface area contributed by atoms with Crippen molar-refractivity contribution >= 4 is 40.1 Å². The third kappa shape index (κ3) is 4.34. The summed E-state index contributed by atoms with van der Waals surface area (Å²) in [5, 5.41) is 17.2. The Balaban J connectivity index is 1.52. The van der Waals surface area contributed by atoms with E-state index >= 15 is 0 Å². The van der Waals surface area contributed by atoms with Gasteiger partial charge < -0.3 is 16.2 Å². The highest BCUT2D eigenvalue weighted by Gasteiger charge is 2.24. The SMILES string of the molecule is Nc1c(C(=O)NCCC2=CCCCC2)c2nc3ccccc3nc2n1/N=C\c1cccc(O)c1. The maximum atomic E-state index is 13.2. The summed E-state index contributed by atoms with van der Waals surface area (Å²) in [5.41, 5.74) is 10.9. The molecule has 2 aromatic carbocycles. The molecule has 0 bridgehead atoms. The number of aromatic hydroxyl groups is 1. The zero-order valence-corrected chi connectivity index (χ0v) is 18.7. The van der Waals surface area contributed by atoms with E-state index in [4.69, 9.17) is 15.7 Å². The number of nitrogens with two attached hydrogens (primary N) is 1. The number of phenolic OH excluding ortho intramolecular Hbond substituents is 1. The molecule has 2 heterocycles. The highest BCUT2D eigenvalue weighted by molar-refractivity contribution is 6.10. The number of para-hydroxylation sites is 2. The van der Waals surface area contributed by atoms with Crippen molar-refractivity contribution in [1.82, 2.24) is 20.0 Å². The predicted molar refractivity (Wildman–Crippen MR) is 134 cm³/mol. The second-order valence-corrected chi connectivity index (χ2v) is 8.41. The van der Waals surface area contributed by atoms with E-state index in [1.807, 2.05) is 24.3 Å². The van der Waals surface area contributed by atoms with Gasteiger partial charge >= 0.3 is 0 Å². The zero-order chi connectivity index (χ0) is 23.5. The van der Waals surface area contributed by atoms with Crippen molar-refractivity contribution in [2.45, 2.75) is 32.1 Å². The molecule has 8 heteroatoms. The van der Waals surface area contributed by atoms with E-state index in [0.29, 0.717) is 34.3 Å². The number of benzene rings is 2. The first-order chi connectivity index (χ1) is 16.6. The standard InChI is InChI=1S/C26H26N6O2/c27-24-22(26(34)28-14-13-17-7-2-1-3-8-17)23-25(31-21-12-5-4-11-20(21)30-23)32(24)29-16-18-9-6-10-19(33)15-18/h4-7,9-12,15-16,33H,1-3,8,13-14,27H2,(H,28,34)/b29-16-. The van der Waals surface area contributed by atoms with Gasteiger partial charge in [-0.2, -0.15) is 9.78 Å². The Hall–Kier alpha value is -4.20. The maximum absolute atomic E-state index is 13.2. The van der Waals surface area contributed by atoms with Crippen LogP contribution in [-0.2, 0) is 0 Å². The van der Waals surface area contributed by atoms with E-state index in [9.17, 15) is 9.90 Å². The second kappa shape index (κ2) is 9.35. The Morgan fingerprint density at radius 3 is 2.74 bits per heavy atom. The van der Waals surface area contributed by atoms with Crippen LogP contribution in [-0.4, -0.2) is 38.4 Å². The van der Waals surface area contributed by atoms with Gasteiger partial charge in [-0.25, -0.2) is 9.97 Å². The number of nitrogen functional groups attached to an aromatic ring is 1. The minimum absolute atomic E-state index is 0.133. The fourth-order valence-corrected chi connectivity index (χ4v) is 4.27. The summed E-state index contributed by atoms with van der Waals surface area (Å²) in [6.07, 6.45) is 9.32. The summed E-state index contributed by atoms with van der Waals surface area (Å²) in [7, 11) is 0. The van der Waals surface area contributed by atoms with Crippen LogP contribution in [0.2, 0.25) is 0 Å².